The highest BCUT2D eigenvalue weighted by Gasteiger charge is 2.16. The molecule has 0 aliphatic heterocycles. The topological polar surface area (TPSA) is 102 Å². The normalized spacial score (nSPS) is 10.4. The molecule has 3 aromatic rings. The van der Waals surface area contributed by atoms with Crippen molar-refractivity contribution >= 4 is 39.4 Å². The first-order chi connectivity index (χ1) is 14.4. The zero-order chi connectivity index (χ0) is 21.7. The van der Waals surface area contributed by atoms with Crippen LogP contribution in [0.5, 0.6) is 0 Å². The van der Waals surface area contributed by atoms with E-state index in [1.165, 1.54) is 19.4 Å². The average molecular weight is 471 g/mol. The maximum absolute atomic E-state index is 12.7. The van der Waals surface area contributed by atoms with Gasteiger partial charge in [0.2, 0.25) is 0 Å². The summed E-state index contributed by atoms with van der Waals surface area (Å²) in [5.74, 6) is -1.34. The monoisotopic (exact) mass is 470 g/mol. The first kappa shape index (κ1) is 21.3. The molecule has 0 aliphatic rings. The number of ether oxygens (including phenoxy) is 1. The van der Waals surface area contributed by atoms with Gasteiger partial charge in [0.15, 0.2) is 0 Å². The Labute approximate surface area is 181 Å². The van der Waals surface area contributed by atoms with Crippen LogP contribution in [0.1, 0.15) is 26.4 Å². The van der Waals surface area contributed by atoms with Gasteiger partial charge in [0, 0.05) is 15.7 Å². The third-order valence-electron chi connectivity index (χ3n) is 4.33. The number of hydrogen-bond donors (Lipinski definition) is 2. The predicted molar refractivity (Wildman–Crippen MR) is 115 cm³/mol. The van der Waals surface area contributed by atoms with E-state index in [9.17, 15) is 14.4 Å². The highest BCUT2D eigenvalue weighted by Crippen LogP contribution is 2.19. The van der Waals surface area contributed by atoms with Crippen molar-refractivity contribution in [2.75, 3.05) is 19.0 Å². The number of amides is 2. The summed E-state index contributed by atoms with van der Waals surface area (Å²) in [6.45, 7) is 1.57. The van der Waals surface area contributed by atoms with Crippen LogP contribution in [0.15, 0.2) is 59.2 Å². The van der Waals surface area contributed by atoms with Crippen molar-refractivity contribution in [2.24, 2.45) is 0 Å². The van der Waals surface area contributed by atoms with Crippen molar-refractivity contribution in [2.45, 2.75) is 6.92 Å². The molecule has 0 atom stereocenters. The first-order valence-corrected chi connectivity index (χ1v) is 9.75. The smallest absolute Gasteiger partial charge is 0.325 e. The number of methoxy groups -OCH3 is 1. The number of halogens is 1. The number of benzene rings is 2. The fourth-order valence-electron chi connectivity index (χ4n) is 2.74. The number of rotatable bonds is 6. The lowest BCUT2D eigenvalue weighted by Gasteiger charge is -2.09. The summed E-state index contributed by atoms with van der Waals surface area (Å²) in [5.41, 5.74) is 2.68. The number of nitrogens with one attached hydrogen (secondary N) is 2. The van der Waals surface area contributed by atoms with Gasteiger partial charge in [-0.15, -0.1) is 0 Å². The third kappa shape index (κ3) is 4.93. The zero-order valence-corrected chi connectivity index (χ0v) is 17.9. The van der Waals surface area contributed by atoms with Crippen LogP contribution < -0.4 is 10.6 Å². The molecule has 0 spiro atoms. The van der Waals surface area contributed by atoms with Gasteiger partial charge >= 0.3 is 5.97 Å². The molecular formula is C21H19BrN4O4. The van der Waals surface area contributed by atoms with Gasteiger partial charge in [0.05, 0.1) is 30.3 Å². The minimum atomic E-state index is -0.550. The highest BCUT2D eigenvalue weighted by molar-refractivity contribution is 9.10. The van der Waals surface area contributed by atoms with Crippen LogP contribution in [-0.4, -0.2) is 41.2 Å². The van der Waals surface area contributed by atoms with Crippen molar-refractivity contribution in [3.05, 3.63) is 76.0 Å². The van der Waals surface area contributed by atoms with Gasteiger partial charge < -0.3 is 15.4 Å². The summed E-state index contributed by atoms with van der Waals surface area (Å²) in [7, 11) is 1.24. The van der Waals surface area contributed by atoms with Crippen LogP contribution >= 0.6 is 15.9 Å². The zero-order valence-electron chi connectivity index (χ0n) is 16.3. The Hall–Kier alpha value is -3.46. The van der Waals surface area contributed by atoms with E-state index >= 15 is 0 Å². The fourth-order valence-corrected chi connectivity index (χ4v) is 3.00. The summed E-state index contributed by atoms with van der Waals surface area (Å²) in [6, 6.07) is 14.0. The van der Waals surface area contributed by atoms with Crippen LogP contribution in [0.25, 0.3) is 5.69 Å². The molecule has 0 aliphatic carbocycles. The van der Waals surface area contributed by atoms with Crippen molar-refractivity contribution < 1.29 is 19.1 Å². The van der Waals surface area contributed by atoms with Crippen molar-refractivity contribution in [3.63, 3.8) is 0 Å². The second-order valence-electron chi connectivity index (χ2n) is 6.33. The van der Waals surface area contributed by atoms with Gasteiger partial charge in [-0.1, -0.05) is 22.0 Å². The van der Waals surface area contributed by atoms with Gasteiger partial charge in [-0.05, 0) is 49.4 Å². The largest absolute Gasteiger partial charge is 0.468 e. The Balaban J connectivity index is 1.73. The summed E-state index contributed by atoms with van der Waals surface area (Å²) in [6.07, 6.45) is 1.50. The van der Waals surface area contributed by atoms with Crippen LogP contribution in [-0.2, 0) is 9.53 Å². The van der Waals surface area contributed by atoms with Crippen LogP contribution in [0, 0.1) is 6.92 Å². The van der Waals surface area contributed by atoms with Gasteiger partial charge in [0.1, 0.15) is 6.54 Å². The van der Waals surface area contributed by atoms with Crippen LogP contribution in [0.4, 0.5) is 5.69 Å². The predicted octanol–water partition coefficient (Wildman–Crippen LogP) is 3.10. The molecule has 3 rings (SSSR count). The minimum Gasteiger partial charge on any atom is -0.468 e. The number of aromatic nitrogens is 2. The molecule has 0 fully saturated rings. The van der Waals surface area contributed by atoms with E-state index < -0.39 is 11.9 Å². The van der Waals surface area contributed by atoms with Crippen LogP contribution in [0.3, 0.4) is 0 Å². The van der Waals surface area contributed by atoms with Gasteiger partial charge in [-0.2, -0.15) is 5.10 Å². The molecule has 9 heteroatoms. The van der Waals surface area contributed by atoms with E-state index in [0.29, 0.717) is 22.5 Å². The number of nitrogens with zero attached hydrogens (tertiary/aromatic N) is 2. The van der Waals surface area contributed by atoms with E-state index in [0.717, 1.165) is 10.2 Å². The lowest BCUT2D eigenvalue weighted by molar-refractivity contribution is -0.139. The molecule has 154 valence electrons. The molecule has 30 heavy (non-hydrogen) atoms. The van der Waals surface area contributed by atoms with Crippen LogP contribution in [0.2, 0.25) is 0 Å². The molecule has 0 unspecified atom stereocenters. The molecule has 2 aromatic carbocycles. The maximum Gasteiger partial charge on any atom is 0.325 e. The Morgan fingerprint density at radius 3 is 2.53 bits per heavy atom. The van der Waals surface area contributed by atoms with Crippen molar-refractivity contribution in [1.29, 1.82) is 0 Å². The van der Waals surface area contributed by atoms with Gasteiger partial charge in [-0.3, -0.25) is 14.4 Å². The van der Waals surface area contributed by atoms with Gasteiger partial charge in [-0.25, -0.2) is 4.68 Å². The minimum absolute atomic E-state index is 0.236. The molecule has 1 heterocycles. The van der Waals surface area contributed by atoms with Crippen molar-refractivity contribution in [1.82, 2.24) is 15.1 Å². The molecule has 0 bridgehead atoms. The first-order valence-electron chi connectivity index (χ1n) is 8.96. The molecule has 8 nitrogen and oxygen atoms in total. The lowest BCUT2D eigenvalue weighted by Crippen LogP contribution is -2.30. The molecule has 0 saturated heterocycles. The molecule has 0 radical (unpaired) electrons. The standard InChI is InChI=1S/C21H19BrN4O4/c1-13-18(11-24-26(13)17-8-6-15(22)7-9-17)21(29)25-16-5-3-4-14(10-16)20(28)23-12-19(27)30-2/h3-11H,12H2,1-2H3,(H,23,28)(H,25,29). The second-order valence-corrected chi connectivity index (χ2v) is 7.24. The molecule has 1 aromatic heterocycles. The average Bonchev–Trinajstić information content (AvgIpc) is 3.14. The number of anilines is 1. The summed E-state index contributed by atoms with van der Waals surface area (Å²) >= 11 is 3.39. The molecule has 2 amide bonds. The van der Waals surface area contributed by atoms with E-state index in [4.69, 9.17) is 0 Å². The Morgan fingerprint density at radius 1 is 1.10 bits per heavy atom. The Morgan fingerprint density at radius 2 is 1.83 bits per heavy atom. The Kier molecular flexibility index (Phi) is 6.63. The second kappa shape index (κ2) is 9.36. The lowest BCUT2D eigenvalue weighted by atomic mass is 10.1. The van der Waals surface area contributed by atoms with E-state index in [2.05, 4.69) is 36.4 Å². The molecule has 2 N–H and O–H groups in total. The quantitative estimate of drug-likeness (QED) is 0.538. The fraction of sp³-hybridized carbons (Fsp3) is 0.143. The number of esters is 1. The van der Waals surface area contributed by atoms with E-state index in [1.54, 1.807) is 29.8 Å². The third-order valence-corrected chi connectivity index (χ3v) is 4.86. The van der Waals surface area contributed by atoms with Crippen molar-refractivity contribution in [3.8, 4) is 5.69 Å². The molecular weight excluding hydrogens is 452 g/mol. The maximum atomic E-state index is 12.7. The van der Waals surface area contributed by atoms with E-state index in [-0.39, 0.29) is 12.5 Å². The number of carbonyl (C=O) groups is 3. The van der Waals surface area contributed by atoms with E-state index in [1.807, 2.05) is 24.3 Å². The molecule has 0 saturated carbocycles. The number of carbonyl (C=O) groups excluding carboxylic acids is 3. The van der Waals surface area contributed by atoms with Gasteiger partial charge in [0.25, 0.3) is 11.8 Å². The Bertz CT molecular complexity index is 1090. The number of hydrogen-bond acceptors (Lipinski definition) is 5. The summed E-state index contributed by atoms with van der Waals surface area (Å²) in [5, 5.41) is 9.53. The summed E-state index contributed by atoms with van der Waals surface area (Å²) < 4.78 is 7.12. The summed E-state index contributed by atoms with van der Waals surface area (Å²) in [4.78, 5) is 36.1. The SMILES string of the molecule is COC(=O)CNC(=O)c1cccc(NC(=O)c2cnn(-c3ccc(Br)cc3)c2C)c1. The highest BCUT2D eigenvalue weighted by atomic mass is 79.9.